The molecule has 0 radical (unpaired) electrons. The number of rotatable bonds is 9. The van der Waals surface area contributed by atoms with E-state index in [1.54, 1.807) is 30.3 Å². The maximum atomic E-state index is 12.5. The van der Waals surface area contributed by atoms with E-state index >= 15 is 0 Å². The molecule has 1 rings (SSSR count). The molecule has 0 fully saturated rings. The van der Waals surface area contributed by atoms with Crippen molar-refractivity contribution in [3.63, 3.8) is 0 Å². The zero-order valence-corrected chi connectivity index (χ0v) is 14.1. The highest BCUT2D eigenvalue weighted by molar-refractivity contribution is 7.80. The van der Waals surface area contributed by atoms with Crippen molar-refractivity contribution in [1.29, 1.82) is 0 Å². The maximum Gasteiger partial charge on any atom is 0.397 e. The molecule has 1 aromatic rings. The van der Waals surface area contributed by atoms with Gasteiger partial charge in [0.15, 0.2) is 5.78 Å². The van der Waals surface area contributed by atoms with Crippen molar-refractivity contribution >= 4 is 18.0 Å². The fourth-order valence-electron chi connectivity index (χ4n) is 1.88. The number of azide groups is 1. The van der Waals surface area contributed by atoms with E-state index < -0.39 is 29.9 Å². The topological polar surface area (TPSA) is 148 Å². The van der Waals surface area contributed by atoms with Crippen molar-refractivity contribution < 1.29 is 30.8 Å². The Morgan fingerprint density at radius 1 is 1.30 bits per heavy atom. The van der Waals surface area contributed by atoms with Gasteiger partial charge in [0.25, 0.3) is 0 Å². The Morgan fingerprint density at radius 3 is 2.30 bits per heavy atom. The first-order chi connectivity index (χ1) is 10.8. The van der Waals surface area contributed by atoms with Gasteiger partial charge in [-0.05, 0) is 11.1 Å². The van der Waals surface area contributed by atoms with E-state index in [1.165, 1.54) is 0 Å². The average molecular weight is 365 g/mol. The number of hydrogen-bond acceptors (Lipinski definition) is 7. The first kappa shape index (κ1) is 19.6. The van der Waals surface area contributed by atoms with Crippen LogP contribution in [0, 0.1) is 0 Å². The van der Waals surface area contributed by atoms with Crippen molar-refractivity contribution in [2.75, 3.05) is 14.2 Å². The van der Waals surface area contributed by atoms with Crippen LogP contribution in [0.1, 0.15) is 5.56 Å². The summed E-state index contributed by atoms with van der Waals surface area (Å²) >= 11 is 0. The van der Waals surface area contributed by atoms with Crippen LogP contribution in [0.2, 0.25) is 0 Å². The molecule has 1 N–H and O–H groups in total. The van der Waals surface area contributed by atoms with Gasteiger partial charge in [0.05, 0.1) is 0 Å². The van der Waals surface area contributed by atoms with Gasteiger partial charge in [-0.25, -0.2) is 4.18 Å². The Balaban J connectivity index is 3.28. The van der Waals surface area contributed by atoms with Crippen LogP contribution in [-0.4, -0.2) is 39.1 Å². The van der Waals surface area contributed by atoms with Crippen LogP contribution in [0.25, 0.3) is 10.4 Å². The third kappa shape index (κ3) is 5.92. The lowest BCUT2D eigenvalue weighted by Crippen LogP contribution is -2.32. The fraction of sp³-hybridized carbons (Fsp3) is 0.455. The summed E-state index contributed by atoms with van der Waals surface area (Å²) in [6.45, 7) is 0. The molecule has 0 aliphatic heterocycles. The van der Waals surface area contributed by atoms with Gasteiger partial charge in [-0.2, -0.15) is 8.42 Å². The minimum absolute atomic E-state index is 0.124. The Morgan fingerprint density at radius 2 is 1.87 bits per heavy atom. The van der Waals surface area contributed by atoms with E-state index in [2.05, 4.69) is 14.2 Å². The van der Waals surface area contributed by atoms with Gasteiger partial charge in [0.2, 0.25) is 0 Å². The third-order valence-electron chi connectivity index (χ3n) is 2.86. The second-order valence-electron chi connectivity index (χ2n) is 4.28. The summed E-state index contributed by atoms with van der Waals surface area (Å²) in [5, 5.41) is 3.29. The molecule has 128 valence electrons. The Bertz CT molecular complexity index is 698. The molecule has 0 aromatic heterocycles. The maximum absolute atomic E-state index is 12.5. The Kier molecular flexibility index (Phi) is 7.17. The first-order valence-corrected chi connectivity index (χ1v) is 9.18. The highest BCUT2D eigenvalue weighted by atomic mass is 32.3. The van der Waals surface area contributed by atoms with Crippen LogP contribution in [0.4, 0.5) is 0 Å². The van der Waals surface area contributed by atoms with E-state index in [-0.39, 0.29) is 6.42 Å². The zero-order chi connectivity index (χ0) is 17.5. The molecule has 0 bridgehead atoms. The van der Waals surface area contributed by atoms with Crippen molar-refractivity contribution in [3.8, 4) is 0 Å². The number of nitrogens with zero attached hydrogens (tertiary/aromatic N) is 3. The van der Waals surface area contributed by atoms with E-state index in [9.17, 15) is 13.0 Å². The quantitative estimate of drug-likeness (QED) is 0.232. The standard InChI is InChI=1S/C11H16N3O7PS/c1-19-22(15,20-2)11(13-14-12)10(21-23(16,17)18)8-9-6-4-3-5-7-9/h3-7,10-11H,8H2,1-2H3,(H,16,17,18)/t10-,11+/m0/s1. The number of benzene rings is 1. The summed E-state index contributed by atoms with van der Waals surface area (Å²) in [4.78, 5) is 2.53. The van der Waals surface area contributed by atoms with Crippen LogP contribution in [0.3, 0.4) is 0 Å². The lowest BCUT2D eigenvalue weighted by atomic mass is 10.1. The van der Waals surface area contributed by atoms with Gasteiger partial charge in [0, 0.05) is 25.6 Å². The summed E-state index contributed by atoms with van der Waals surface area (Å²) in [5.41, 5.74) is 9.26. The molecule has 0 saturated carbocycles. The highest BCUT2D eigenvalue weighted by Gasteiger charge is 2.42. The van der Waals surface area contributed by atoms with Crippen LogP contribution in [0.15, 0.2) is 35.4 Å². The van der Waals surface area contributed by atoms with Crippen molar-refractivity contribution in [3.05, 3.63) is 46.3 Å². The molecule has 2 atom stereocenters. The van der Waals surface area contributed by atoms with Gasteiger partial charge in [-0.3, -0.25) is 9.12 Å². The SMILES string of the molecule is COP(=O)(OC)[C@@H](N=[N+]=[N-])[C@H](Cc1ccccc1)OS(=O)(=O)O. The van der Waals surface area contributed by atoms with Crippen LogP contribution in [0.5, 0.6) is 0 Å². The summed E-state index contributed by atoms with van der Waals surface area (Å²) in [7, 11) is -6.80. The normalized spacial score (nSPS) is 14.7. The van der Waals surface area contributed by atoms with Crippen molar-refractivity contribution in [2.45, 2.75) is 18.3 Å². The van der Waals surface area contributed by atoms with Gasteiger partial charge < -0.3 is 9.05 Å². The molecular weight excluding hydrogens is 349 g/mol. The van der Waals surface area contributed by atoms with Crippen molar-refractivity contribution in [2.24, 2.45) is 5.11 Å². The predicted molar refractivity (Wildman–Crippen MR) is 81.1 cm³/mol. The lowest BCUT2D eigenvalue weighted by molar-refractivity contribution is 0.158. The predicted octanol–water partition coefficient (Wildman–Crippen LogP) is 2.54. The highest BCUT2D eigenvalue weighted by Crippen LogP contribution is 2.54. The monoisotopic (exact) mass is 365 g/mol. The smallest absolute Gasteiger partial charge is 0.312 e. The second kappa shape index (κ2) is 8.42. The van der Waals surface area contributed by atoms with Crippen LogP contribution >= 0.6 is 7.60 Å². The number of hydrogen-bond donors (Lipinski definition) is 1. The third-order valence-corrected chi connectivity index (χ3v) is 5.45. The lowest BCUT2D eigenvalue weighted by Gasteiger charge is -2.26. The molecule has 1 aromatic carbocycles. The first-order valence-electron chi connectivity index (χ1n) is 6.20. The second-order valence-corrected chi connectivity index (χ2v) is 7.66. The molecule has 0 spiro atoms. The molecule has 12 heteroatoms. The summed E-state index contributed by atoms with van der Waals surface area (Å²) in [6.07, 6.45) is -1.62. The molecule has 10 nitrogen and oxygen atoms in total. The molecule has 0 aliphatic carbocycles. The molecule has 0 unspecified atom stereocenters. The Hall–Kier alpha value is -1.45. The van der Waals surface area contributed by atoms with Gasteiger partial charge >= 0.3 is 18.0 Å². The molecule has 0 saturated heterocycles. The summed E-state index contributed by atoms with van der Waals surface area (Å²) in [6, 6.07) is 8.42. The van der Waals surface area contributed by atoms with Crippen LogP contribution in [-0.2, 0) is 34.6 Å². The Labute approximate surface area is 133 Å². The molecule has 0 aliphatic rings. The van der Waals surface area contributed by atoms with E-state index in [0.717, 1.165) is 14.2 Å². The van der Waals surface area contributed by atoms with Crippen LogP contribution < -0.4 is 0 Å². The summed E-state index contributed by atoms with van der Waals surface area (Å²) in [5.74, 6) is -1.62. The summed E-state index contributed by atoms with van der Waals surface area (Å²) < 4.78 is 57.6. The minimum Gasteiger partial charge on any atom is -0.312 e. The molecular formula is C11H16N3O7PS. The van der Waals surface area contributed by atoms with Gasteiger partial charge in [-0.1, -0.05) is 35.4 Å². The zero-order valence-electron chi connectivity index (χ0n) is 12.3. The van der Waals surface area contributed by atoms with Gasteiger partial charge in [-0.15, -0.1) is 0 Å². The van der Waals surface area contributed by atoms with E-state index in [0.29, 0.717) is 5.56 Å². The molecule has 23 heavy (non-hydrogen) atoms. The average Bonchev–Trinajstić information content (AvgIpc) is 2.51. The minimum atomic E-state index is -4.90. The molecule has 0 heterocycles. The van der Waals surface area contributed by atoms with Gasteiger partial charge in [0.1, 0.15) is 6.10 Å². The van der Waals surface area contributed by atoms with E-state index in [1.807, 2.05) is 0 Å². The van der Waals surface area contributed by atoms with E-state index in [4.69, 9.17) is 19.1 Å². The van der Waals surface area contributed by atoms with Crippen molar-refractivity contribution in [1.82, 2.24) is 0 Å². The largest absolute Gasteiger partial charge is 0.397 e. The fourth-order valence-corrected chi connectivity index (χ4v) is 3.77. The molecule has 0 amide bonds.